The fourth-order valence-electron chi connectivity index (χ4n) is 3.22. The third-order valence-electron chi connectivity index (χ3n) is 5.07. The van der Waals surface area contributed by atoms with Gasteiger partial charge in [0.1, 0.15) is 28.1 Å². The Morgan fingerprint density at radius 2 is 2.16 bits per heavy atom. The van der Waals surface area contributed by atoms with Crippen LogP contribution in [0.4, 0.5) is 0 Å². The maximum Gasteiger partial charge on any atom is 0.230 e. The van der Waals surface area contributed by atoms with Crippen LogP contribution in [-0.2, 0) is 17.6 Å². The summed E-state index contributed by atoms with van der Waals surface area (Å²) < 4.78 is 6.62. The van der Waals surface area contributed by atoms with Gasteiger partial charge in [-0.2, -0.15) is 5.26 Å². The highest BCUT2D eigenvalue weighted by Gasteiger charge is 2.44. The smallest absolute Gasteiger partial charge is 0.230 e. The van der Waals surface area contributed by atoms with Gasteiger partial charge in [0, 0.05) is 10.9 Å². The number of aromatic nitrogens is 4. The molecule has 1 saturated carbocycles. The van der Waals surface area contributed by atoms with Crippen LogP contribution in [-0.4, -0.2) is 36.7 Å². The van der Waals surface area contributed by atoms with Gasteiger partial charge in [0.05, 0.1) is 28.4 Å². The SMILES string of the molecule is CC(O)c1nc(-c2ccc3nc(Cc4nnc(CC(=O)NC5(C#N)CC5)o4)sc3c2)cs1. The summed E-state index contributed by atoms with van der Waals surface area (Å²) in [5, 5.41) is 32.9. The molecule has 162 valence electrons. The molecule has 0 saturated heterocycles. The lowest BCUT2D eigenvalue weighted by Crippen LogP contribution is -2.36. The van der Waals surface area contributed by atoms with E-state index in [0.717, 1.165) is 26.5 Å². The second-order valence-corrected chi connectivity index (χ2v) is 9.73. The fourth-order valence-corrected chi connectivity index (χ4v) is 4.98. The Balaban J connectivity index is 1.27. The number of fused-ring (bicyclic) bond motifs is 1. The number of carbonyl (C=O) groups is 1. The first-order valence-corrected chi connectivity index (χ1v) is 11.7. The Kier molecular flexibility index (Phi) is 5.21. The number of hydrogen-bond acceptors (Lipinski definition) is 10. The molecule has 1 aliphatic carbocycles. The first-order valence-electron chi connectivity index (χ1n) is 10.00. The molecule has 9 nitrogen and oxygen atoms in total. The zero-order chi connectivity index (χ0) is 22.3. The van der Waals surface area contributed by atoms with Crippen molar-refractivity contribution in [3.63, 3.8) is 0 Å². The molecule has 1 aliphatic rings. The van der Waals surface area contributed by atoms with E-state index in [4.69, 9.17) is 9.68 Å². The number of amides is 1. The molecule has 0 aliphatic heterocycles. The number of nitrogens with zero attached hydrogens (tertiary/aromatic N) is 5. The van der Waals surface area contributed by atoms with Gasteiger partial charge in [0.2, 0.25) is 17.7 Å². The summed E-state index contributed by atoms with van der Waals surface area (Å²) in [4.78, 5) is 21.2. The van der Waals surface area contributed by atoms with Crippen LogP contribution < -0.4 is 5.32 Å². The van der Waals surface area contributed by atoms with Crippen molar-refractivity contribution in [3.8, 4) is 17.3 Å². The van der Waals surface area contributed by atoms with E-state index in [-0.39, 0.29) is 18.2 Å². The Labute approximate surface area is 190 Å². The van der Waals surface area contributed by atoms with Crippen LogP contribution in [0.15, 0.2) is 28.0 Å². The van der Waals surface area contributed by atoms with Crippen molar-refractivity contribution in [1.29, 1.82) is 5.26 Å². The van der Waals surface area contributed by atoms with Gasteiger partial charge in [-0.3, -0.25) is 4.79 Å². The molecule has 0 spiro atoms. The highest BCUT2D eigenvalue weighted by atomic mass is 32.1. The summed E-state index contributed by atoms with van der Waals surface area (Å²) in [5.74, 6) is 0.300. The number of thiazole rings is 2. The molecule has 32 heavy (non-hydrogen) atoms. The predicted octanol–water partition coefficient (Wildman–Crippen LogP) is 3.16. The van der Waals surface area contributed by atoms with Gasteiger partial charge < -0.3 is 14.8 Å². The van der Waals surface area contributed by atoms with Gasteiger partial charge in [-0.15, -0.1) is 32.9 Å². The number of nitrogens with one attached hydrogen (secondary N) is 1. The molecule has 1 amide bonds. The van der Waals surface area contributed by atoms with Crippen LogP contribution in [0.1, 0.15) is 47.7 Å². The Hall–Kier alpha value is -3.20. The molecule has 3 aromatic heterocycles. The van der Waals surface area contributed by atoms with Crippen molar-refractivity contribution in [3.05, 3.63) is 45.4 Å². The maximum atomic E-state index is 12.1. The van der Waals surface area contributed by atoms with E-state index in [2.05, 4.69) is 31.6 Å². The second kappa shape index (κ2) is 8.05. The van der Waals surface area contributed by atoms with E-state index >= 15 is 0 Å². The average Bonchev–Trinajstić information content (AvgIpc) is 3.15. The third-order valence-corrected chi connectivity index (χ3v) is 7.11. The van der Waals surface area contributed by atoms with E-state index in [9.17, 15) is 9.90 Å². The molecule has 5 rings (SSSR count). The topological polar surface area (TPSA) is 138 Å². The predicted molar refractivity (Wildman–Crippen MR) is 118 cm³/mol. The number of aliphatic hydroxyl groups excluding tert-OH is 1. The molecule has 11 heteroatoms. The first-order chi connectivity index (χ1) is 15.4. The Morgan fingerprint density at radius 3 is 2.88 bits per heavy atom. The lowest BCUT2D eigenvalue weighted by molar-refractivity contribution is -0.121. The van der Waals surface area contributed by atoms with Crippen LogP contribution in [0.3, 0.4) is 0 Å². The second-order valence-electron chi connectivity index (χ2n) is 7.72. The molecule has 0 radical (unpaired) electrons. The highest BCUT2D eigenvalue weighted by molar-refractivity contribution is 7.18. The van der Waals surface area contributed by atoms with Crippen molar-refractivity contribution >= 4 is 38.8 Å². The van der Waals surface area contributed by atoms with Crippen molar-refractivity contribution in [2.24, 2.45) is 0 Å². The van der Waals surface area contributed by atoms with Crippen molar-refractivity contribution in [1.82, 2.24) is 25.5 Å². The lowest BCUT2D eigenvalue weighted by Gasteiger charge is -2.06. The molecule has 1 fully saturated rings. The van der Waals surface area contributed by atoms with Crippen LogP contribution in [0.2, 0.25) is 0 Å². The normalized spacial score (nSPS) is 15.4. The van der Waals surface area contributed by atoms with Crippen LogP contribution >= 0.6 is 22.7 Å². The van der Waals surface area contributed by atoms with Gasteiger partial charge in [-0.1, -0.05) is 6.07 Å². The Bertz CT molecular complexity index is 1350. The Morgan fingerprint density at radius 1 is 1.34 bits per heavy atom. The molecule has 1 atom stereocenters. The third kappa shape index (κ3) is 4.25. The lowest BCUT2D eigenvalue weighted by atomic mass is 10.2. The summed E-state index contributed by atoms with van der Waals surface area (Å²) in [5.41, 5.74) is 1.95. The molecular formula is C21H18N6O3S2. The zero-order valence-electron chi connectivity index (χ0n) is 17.0. The largest absolute Gasteiger partial charge is 0.424 e. The minimum absolute atomic E-state index is 0.0538. The fraction of sp³-hybridized carbons (Fsp3) is 0.333. The molecule has 4 aromatic rings. The van der Waals surface area contributed by atoms with E-state index in [1.54, 1.807) is 6.92 Å². The summed E-state index contributed by atoms with van der Waals surface area (Å²) >= 11 is 2.96. The van der Waals surface area contributed by atoms with Gasteiger partial charge >= 0.3 is 0 Å². The molecule has 1 aromatic carbocycles. The summed E-state index contributed by atoms with van der Waals surface area (Å²) in [6.07, 6.45) is 1.08. The van der Waals surface area contributed by atoms with Crippen molar-refractivity contribution in [2.45, 2.75) is 44.2 Å². The number of benzene rings is 1. The van der Waals surface area contributed by atoms with Gasteiger partial charge in [-0.05, 0) is 31.9 Å². The van der Waals surface area contributed by atoms with E-state index in [1.807, 2.05) is 23.6 Å². The van der Waals surface area contributed by atoms with Gasteiger partial charge in [0.15, 0.2) is 0 Å². The standard InChI is InChI=1S/C21H18N6O3S2/c1-11(28)20-24-14(9-31-20)12-2-3-13-15(6-12)32-19(23-13)8-18-27-26-17(30-18)7-16(29)25-21(10-22)4-5-21/h2-3,6,9,11,28H,4-5,7-8H2,1H3,(H,25,29). The number of hydrogen-bond donors (Lipinski definition) is 2. The highest BCUT2D eigenvalue weighted by Crippen LogP contribution is 2.34. The van der Waals surface area contributed by atoms with E-state index < -0.39 is 11.6 Å². The summed E-state index contributed by atoms with van der Waals surface area (Å²) in [6.45, 7) is 1.70. The zero-order valence-corrected chi connectivity index (χ0v) is 18.7. The van der Waals surface area contributed by atoms with Crippen LogP contribution in [0.25, 0.3) is 21.5 Å². The van der Waals surface area contributed by atoms with Gasteiger partial charge in [0.25, 0.3) is 0 Å². The maximum absolute atomic E-state index is 12.1. The minimum atomic E-state index is -0.712. The van der Waals surface area contributed by atoms with E-state index in [1.165, 1.54) is 22.7 Å². The first kappa shape index (κ1) is 20.7. The average molecular weight is 467 g/mol. The summed E-state index contributed by atoms with van der Waals surface area (Å²) in [6, 6.07) is 8.06. The molecule has 2 N–H and O–H groups in total. The monoisotopic (exact) mass is 466 g/mol. The molecular weight excluding hydrogens is 448 g/mol. The number of aliphatic hydroxyl groups is 1. The van der Waals surface area contributed by atoms with Crippen LogP contribution in [0.5, 0.6) is 0 Å². The number of nitriles is 1. The molecule has 1 unspecified atom stereocenters. The summed E-state index contributed by atoms with van der Waals surface area (Å²) in [7, 11) is 0. The number of rotatable bonds is 7. The minimum Gasteiger partial charge on any atom is -0.424 e. The van der Waals surface area contributed by atoms with Crippen molar-refractivity contribution < 1.29 is 14.3 Å². The van der Waals surface area contributed by atoms with E-state index in [0.29, 0.717) is 30.2 Å². The van der Waals surface area contributed by atoms with Gasteiger partial charge in [-0.25, -0.2) is 9.97 Å². The van der Waals surface area contributed by atoms with Crippen molar-refractivity contribution in [2.75, 3.05) is 0 Å². The quantitative estimate of drug-likeness (QED) is 0.424. The molecule has 3 heterocycles. The number of carbonyl (C=O) groups excluding carboxylic acids is 1. The van der Waals surface area contributed by atoms with Crippen LogP contribution in [0, 0.1) is 11.3 Å². The molecule has 0 bridgehead atoms.